The van der Waals surface area contributed by atoms with Crippen molar-refractivity contribution < 1.29 is 0 Å². The molecule has 0 aliphatic rings. The van der Waals surface area contributed by atoms with Crippen molar-refractivity contribution in [2.45, 2.75) is 0 Å². The summed E-state index contributed by atoms with van der Waals surface area (Å²) in [6.45, 7) is 0. The molecular weight excluding hydrogens is 226 g/mol. The molecule has 0 saturated carbocycles. The van der Waals surface area contributed by atoms with Gasteiger partial charge in [-0.15, -0.1) is 0 Å². The molecule has 0 amide bonds. The maximum absolute atomic E-state index is 4.32. The molecule has 18 heavy (non-hydrogen) atoms. The summed E-state index contributed by atoms with van der Waals surface area (Å²) < 4.78 is 1.91. The second-order valence-electron chi connectivity index (χ2n) is 4.08. The molecule has 0 bridgehead atoms. The lowest BCUT2D eigenvalue weighted by Crippen LogP contribution is -1.88. The van der Waals surface area contributed by atoms with Crippen LogP contribution in [0.5, 0.6) is 0 Å². The number of H-pyrrole nitrogens is 1. The standard InChI is InChI=1S/C13H9N5/c1-2-10-11(7-16-12(10)14-3-1)9-6-17-13-15-4-5-18(13)8-9/h1-8H,(H,14,16). The van der Waals surface area contributed by atoms with Crippen LogP contribution in [0.25, 0.3) is 27.9 Å². The Kier molecular flexibility index (Phi) is 1.77. The fraction of sp³-hybridized carbons (Fsp3) is 0. The molecule has 1 N–H and O–H groups in total. The molecule has 0 atom stereocenters. The molecule has 4 aromatic rings. The van der Waals surface area contributed by atoms with Gasteiger partial charge in [-0.05, 0) is 12.1 Å². The van der Waals surface area contributed by atoms with Crippen molar-refractivity contribution in [3.63, 3.8) is 0 Å². The summed E-state index contributed by atoms with van der Waals surface area (Å²) in [6.07, 6.45) is 11.2. The smallest absolute Gasteiger partial charge is 0.233 e. The first kappa shape index (κ1) is 9.35. The molecule has 5 heteroatoms. The van der Waals surface area contributed by atoms with Crippen LogP contribution in [0.1, 0.15) is 0 Å². The number of nitrogens with zero attached hydrogens (tertiary/aromatic N) is 4. The van der Waals surface area contributed by atoms with Gasteiger partial charge in [0.15, 0.2) is 0 Å². The molecular formula is C13H9N5. The zero-order chi connectivity index (χ0) is 11.9. The molecule has 4 heterocycles. The quantitative estimate of drug-likeness (QED) is 0.550. The number of aromatic amines is 1. The first-order valence-corrected chi connectivity index (χ1v) is 5.63. The Morgan fingerprint density at radius 1 is 1.11 bits per heavy atom. The lowest BCUT2D eigenvalue weighted by Gasteiger charge is -2.00. The molecule has 0 saturated heterocycles. The zero-order valence-electron chi connectivity index (χ0n) is 9.41. The van der Waals surface area contributed by atoms with Gasteiger partial charge in [0.2, 0.25) is 5.78 Å². The van der Waals surface area contributed by atoms with Gasteiger partial charge >= 0.3 is 0 Å². The van der Waals surface area contributed by atoms with E-state index in [1.165, 1.54) is 0 Å². The van der Waals surface area contributed by atoms with Gasteiger partial charge in [0.05, 0.1) is 0 Å². The third kappa shape index (κ3) is 1.24. The molecule has 0 aromatic carbocycles. The van der Waals surface area contributed by atoms with Gasteiger partial charge in [0.25, 0.3) is 0 Å². The van der Waals surface area contributed by atoms with E-state index in [2.05, 4.69) is 19.9 Å². The van der Waals surface area contributed by atoms with Gasteiger partial charge < -0.3 is 4.98 Å². The van der Waals surface area contributed by atoms with E-state index in [9.17, 15) is 0 Å². The fourth-order valence-corrected chi connectivity index (χ4v) is 2.15. The summed E-state index contributed by atoms with van der Waals surface area (Å²) in [7, 11) is 0. The maximum Gasteiger partial charge on any atom is 0.233 e. The first-order chi connectivity index (χ1) is 8.92. The number of rotatable bonds is 1. The maximum atomic E-state index is 4.32. The minimum absolute atomic E-state index is 0.705. The lowest BCUT2D eigenvalue weighted by atomic mass is 10.1. The van der Waals surface area contributed by atoms with E-state index in [0.717, 1.165) is 22.2 Å². The summed E-state index contributed by atoms with van der Waals surface area (Å²) in [5.41, 5.74) is 3.03. The molecule has 0 aliphatic heterocycles. The molecule has 0 spiro atoms. The summed E-state index contributed by atoms with van der Waals surface area (Å²) in [5.74, 6) is 0.705. The molecule has 4 aromatic heterocycles. The largest absolute Gasteiger partial charge is 0.346 e. The molecule has 0 unspecified atom stereocenters. The Morgan fingerprint density at radius 3 is 3.11 bits per heavy atom. The van der Waals surface area contributed by atoms with Crippen LogP contribution in [-0.4, -0.2) is 24.3 Å². The Labute approximate surface area is 102 Å². The van der Waals surface area contributed by atoms with E-state index < -0.39 is 0 Å². The fourth-order valence-electron chi connectivity index (χ4n) is 2.15. The normalized spacial score (nSPS) is 11.3. The SMILES string of the molecule is c1cnc2[nH]cc(-c3cnc4nccn4c3)c2c1. The van der Waals surface area contributed by atoms with E-state index in [1.807, 2.05) is 41.3 Å². The van der Waals surface area contributed by atoms with E-state index in [0.29, 0.717) is 5.78 Å². The minimum Gasteiger partial charge on any atom is -0.346 e. The number of fused-ring (bicyclic) bond motifs is 2. The van der Waals surface area contributed by atoms with Crippen LogP contribution in [0.4, 0.5) is 0 Å². The van der Waals surface area contributed by atoms with Crippen LogP contribution in [0, 0.1) is 0 Å². The Hall–Kier alpha value is -2.69. The summed E-state index contributed by atoms with van der Waals surface area (Å²) >= 11 is 0. The number of hydrogen-bond acceptors (Lipinski definition) is 3. The highest BCUT2D eigenvalue weighted by Gasteiger charge is 2.07. The highest BCUT2D eigenvalue weighted by molar-refractivity contribution is 5.93. The predicted molar refractivity (Wildman–Crippen MR) is 68.1 cm³/mol. The monoisotopic (exact) mass is 235 g/mol. The van der Waals surface area contributed by atoms with Crippen LogP contribution >= 0.6 is 0 Å². The van der Waals surface area contributed by atoms with E-state index in [4.69, 9.17) is 0 Å². The second-order valence-corrected chi connectivity index (χ2v) is 4.08. The van der Waals surface area contributed by atoms with Crippen LogP contribution in [0.2, 0.25) is 0 Å². The average molecular weight is 235 g/mol. The van der Waals surface area contributed by atoms with Gasteiger partial charge in [-0.3, -0.25) is 4.40 Å². The van der Waals surface area contributed by atoms with Crippen LogP contribution < -0.4 is 0 Å². The Morgan fingerprint density at radius 2 is 2.11 bits per heavy atom. The van der Waals surface area contributed by atoms with Crippen LogP contribution in [-0.2, 0) is 0 Å². The summed E-state index contributed by atoms with van der Waals surface area (Å²) in [5, 5.41) is 1.10. The van der Waals surface area contributed by atoms with Crippen molar-refractivity contribution in [1.29, 1.82) is 0 Å². The highest BCUT2D eigenvalue weighted by atomic mass is 15.1. The zero-order valence-corrected chi connectivity index (χ0v) is 9.41. The number of hydrogen-bond donors (Lipinski definition) is 1. The van der Waals surface area contributed by atoms with Crippen molar-refractivity contribution in [3.05, 3.63) is 49.3 Å². The average Bonchev–Trinajstić information content (AvgIpc) is 3.04. The van der Waals surface area contributed by atoms with Crippen molar-refractivity contribution >= 4 is 16.8 Å². The second kappa shape index (κ2) is 3.40. The topological polar surface area (TPSA) is 58.9 Å². The molecule has 0 fully saturated rings. The molecule has 0 radical (unpaired) electrons. The third-order valence-corrected chi connectivity index (χ3v) is 3.01. The molecule has 5 nitrogen and oxygen atoms in total. The van der Waals surface area contributed by atoms with Crippen molar-refractivity contribution in [1.82, 2.24) is 24.3 Å². The van der Waals surface area contributed by atoms with Crippen molar-refractivity contribution in [2.75, 3.05) is 0 Å². The Bertz CT molecular complexity index is 842. The number of nitrogens with one attached hydrogen (secondary N) is 1. The van der Waals surface area contributed by atoms with Gasteiger partial charge in [0.1, 0.15) is 5.65 Å². The van der Waals surface area contributed by atoms with E-state index in [1.54, 1.807) is 12.4 Å². The van der Waals surface area contributed by atoms with Gasteiger partial charge in [-0.1, -0.05) is 0 Å². The number of pyridine rings is 1. The number of imidazole rings is 1. The minimum atomic E-state index is 0.705. The number of aromatic nitrogens is 5. The van der Waals surface area contributed by atoms with Gasteiger partial charge in [-0.25, -0.2) is 15.0 Å². The Balaban J connectivity index is 2.00. The molecule has 0 aliphatic carbocycles. The van der Waals surface area contributed by atoms with Crippen LogP contribution in [0.15, 0.2) is 49.3 Å². The van der Waals surface area contributed by atoms with Crippen molar-refractivity contribution in [2.24, 2.45) is 0 Å². The van der Waals surface area contributed by atoms with Crippen LogP contribution in [0.3, 0.4) is 0 Å². The molecule has 4 rings (SSSR count). The van der Waals surface area contributed by atoms with Gasteiger partial charge in [-0.2, -0.15) is 0 Å². The molecule has 86 valence electrons. The summed E-state index contributed by atoms with van der Waals surface area (Å²) in [4.78, 5) is 15.9. The van der Waals surface area contributed by atoms with E-state index in [-0.39, 0.29) is 0 Å². The third-order valence-electron chi connectivity index (χ3n) is 3.01. The van der Waals surface area contributed by atoms with Crippen molar-refractivity contribution in [3.8, 4) is 11.1 Å². The summed E-state index contributed by atoms with van der Waals surface area (Å²) in [6, 6.07) is 3.98. The first-order valence-electron chi connectivity index (χ1n) is 5.63. The lowest BCUT2D eigenvalue weighted by molar-refractivity contribution is 1.11. The predicted octanol–water partition coefficient (Wildman–Crippen LogP) is 2.27. The van der Waals surface area contributed by atoms with E-state index >= 15 is 0 Å². The van der Waals surface area contributed by atoms with Gasteiger partial charge in [0, 0.05) is 53.7 Å². The highest BCUT2D eigenvalue weighted by Crippen LogP contribution is 2.26.